The van der Waals surface area contributed by atoms with E-state index in [0.717, 1.165) is 22.3 Å². The van der Waals surface area contributed by atoms with E-state index in [0.29, 0.717) is 21.8 Å². The minimum atomic E-state index is -1.09. The van der Waals surface area contributed by atoms with Gasteiger partial charge in [-0.1, -0.05) is 47.2 Å². The average Bonchev–Trinajstić information content (AvgIpc) is 3.33. The third-order valence-corrected chi connectivity index (χ3v) is 6.92. The van der Waals surface area contributed by atoms with Gasteiger partial charge in [0.2, 0.25) is 0 Å². The Balaban J connectivity index is 1.92. The van der Waals surface area contributed by atoms with Crippen LogP contribution in [0.15, 0.2) is 48.0 Å². The number of hydrogen-bond acceptors (Lipinski definition) is 7. The third kappa shape index (κ3) is 4.44. The topological polar surface area (TPSA) is 96.8 Å². The van der Waals surface area contributed by atoms with E-state index in [9.17, 15) is 23.9 Å². The van der Waals surface area contributed by atoms with Crippen LogP contribution in [0, 0.1) is 19.7 Å². The zero-order chi connectivity index (χ0) is 25.4. The number of ether oxygens (including phenoxy) is 1. The summed E-state index contributed by atoms with van der Waals surface area (Å²) in [5, 5.41) is 11.6. The predicted octanol–water partition coefficient (Wildman–Crippen LogP) is 5.36. The summed E-state index contributed by atoms with van der Waals surface area (Å²) < 4.78 is 19.3. The van der Waals surface area contributed by atoms with Crippen molar-refractivity contribution >= 4 is 51.5 Å². The number of carbonyl (C=O) groups excluding carboxylic acids is 3. The van der Waals surface area contributed by atoms with Crippen LogP contribution in [0.1, 0.15) is 45.0 Å². The lowest BCUT2D eigenvalue weighted by atomic mass is 9.95. The molecule has 7 nitrogen and oxygen atoms in total. The molecule has 1 aromatic heterocycles. The first-order chi connectivity index (χ1) is 16.6. The molecule has 1 aliphatic rings. The standard InChI is InChI=1S/C25H20ClFN2O5S/c1-4-34-24(33)22-13(3)28-25(35-22)29-19(14-7-9-16(26)10-8-14)18(21(31)23(29)32)20(30)15-6-5-12(2)17(27)11-15/h5-11,19,30H,4H2,1-3H3/t19-/m0/s1. The molecule has 0 saturated carbocycles. The van der Waals surface area contributed by atoms with E-state index in [4.69, 9.17) is 16.3 Å². The van der Waals surface area contributed by atoms with Gasteiger partial charge in [-0.2, -0.15) is 0 Å². The Hall–Kier alpha value is -3.56. The van der Waals surface area contributed by atoms with Crippen molar-refractivity contribution in [1.29, 1.82) is 0 Å². The van der Waals surface area contributed by atoms with Crippen LogP contribution < -0.4 is 4.90 Å². The van der Waals surface area contributed by atoms with Gasteiger partial charge < -0.3 is 9.84 Å². The minimum absolute atomic E-state index is 0.0487. The van der Waals surface area contributed by atoms with Crippen molar-refractivity contribution in [2.24, 2.45) is 0 Å². The molecule has 0 radical (unpaired) electrons. The lowest BCUT2D eigenvalue weighted by Crippen LogP contribution is -2.29. The SMILES string of the molecule is CCOC(=O)c1sc(N2C(=O)C(=O)C(=C(O)c3ccc(C)c(F)c3)[C@@H]2c2ccc(Cl)cc2)nc1C. The molecule has 0 spiro atoms. The predicted molar refractivity (Wildman–Crippen MR) is 130 cm³/mol. The van der Waals surface area contributed by atoms with Crippen molar-refractivity contribution in [3.63, 3.8) is 0 Å². The summed E-state index contributed by atoms with van der Waals surface area (Å²) >= 11 is 6.94. The normalized spacial score (nSPS) is 17.2. The van der Waals surface area contributed by atoms with Crippen LogP contribution >= 0.6 is 22.9 Å². The number of aryl methyl sites for hydroxylation is 2. The number of rotatable bonds is 5. The first-order valence-electron chi connectivity index (χ1n) is 10.6. The minimum Gasteiger partial charge on any atom is -0.507 e. The molecule has 1 atom stereocenters. The Morgan fingerprint density at radius 3 is 2.51 bits per heavy atom. The summed E-state index contributed by atoms with van der Waals surface area (Å²) in [6, 6.07) is 9.34. The van der Waals surface area contributed by atoms with Gasteiger partial charge in [0.15, 0.2) is 5.13 Å². The molecule has 2 aromatic carbocycles. The van der Waals surface area contributed by atoms with Gasteiger partial charge in [-0.3, -0.25) is 14.5 Å². The number of Topliss-reactive ketones (excluding diaryl/α,β-unsaturated/α-hetero) is 1. The van der Waals surface area contributed by atoms with Crippen molar-refractivity contribution in [3.8, 4) is 0 Å². The maximum absolute atomic E-state index is 14.2. The summed E-state index contributed by atoms with van der Waals surface area (Å²) in [6.07, 6.45) is 0. The van der Waals surface area contributed by atoms with Gasteiger partial charge in [-0.15, -0.1) is 0 Å². The molecular weight excluding hydrogens is 495 g/mol. The molecule has 1 N–H and O–H groups in total. The Morgan fingerprint density at radius 2 is 1.89 bits per heavy atom. The number of carbonyl (C=O) groups is 3. The number of nitrogens with zero attached hydrogens (tertiary/aromatic N) is 2. The quantitative estimate of drug-likeness (QED) is 0.213. The molecule has 0 bridgehead atoms. The molecule has 35 heavy (non-hydrogen) atoms. The van der Waals surface area contributed by atoms with Crippen LogP contribution in [0.2, 0.25) is 5.02 Å². The molecular formula is C25H20ClFN2O5S. The van der Waals surface area contributed by atoms with E-state index in [1.54, 1.807) is 45.0 Å². The maximum Gasteiger partial charge on any atom is 0.350 e. The summed E-state index contributed by atoms with van der Waals surface area (Å²) in [5.41, 5.74) is 0.980. The molecule has 1 saturated heterocycles. The Bertz CT molecular complexity index is 1380. The zero-order valence-corrected chi connectivity index (χ0v) is 20.5. The molecule has 3 aromatic rings. The molecule has 1 aliphatic heterocycles. The second kappa shape index (κ2) is 9.59. The fourth-order valence-electron chi connectivity index (χ4n) is 3.76. The third-order valence-electron chi connectivity index (χ3n) is 5.53. The molecule has 4 rings (SSSR count). The van der Waals surface area contributed by atoms with Crippen molar-refractivity contribution in [2.75, 3.05) is 11.5 Å². The highest BCUT2D eigenvalue weighted by Gasteiger charge is 2.48. The van der Waals surface area contributed by atoms with Gasteiger partial charge in [0, 0.05) is 10.6 Å². The van der Waals surface area contributed by atoms with Crippen molar-refractivity contribution in [3.05, 3.63) is 86.1 Å². The first-order valence-corrected chi connectivity index (χ1v) is 11.8. The number of halogens is 2. The second-order valence-electron chi connectivity index (χ2n) is 7.82. The average molecular weight is 515 g/mol. The van der Waals surface area contributed by atoms with Crippen LogP contribution in [0.5, 0.6) is 0 Å². The number of ketones is 1. The number of benzene rings is 2. The molecule has 2 heterocycles. The van der Waals surface area contributed by atoms with Gasteiger partial charge in [-0.05, 0) is 50.1 Å². The maximum atomic E-state index is 14.2. The Kier molecular flexibility index (Phi) is 6.73. The van der Waals surface area contributed by atoms with E-state index in [1.807, 2.05) is 0 Å². The van der Waals surface area contributed by atoms with Gasteiger partial charge in [-0.25, -0.2) is 14.2 Å². The van der Waals surface area contributed by atoms with E-state index in [-0.39, 0.29) is 27.8 Å². The van der Waals surface area contributed by atoms with Crippen LogP contribution in [0.3, 0.4) is 0 Å². The number of aliphatic hydroxyl groups excluding tert-OH is 1. The molecule has 1 fully saturated rings. The molecule has 0 aliphatic carbocycles. The van der Waals surface area contributed by atoms with Crippen LogP contribution in [-0.4, -0.2) is 34.4 Å². The largest absolute Gasteiger partial charge is 0.507 e. The van der Waals surface area contributed by atoms with E-state index in [1.165, 1.54) is 12.1 Å². The van der Waals surface area contributed by atoms with E-state index >= 15 is 0 Å². The summed E-state index contributed by atoms with van der Waals surface area (Å²) in [5.74, 6) is -3.59. The summed E-state index contributed by atoms with van der Waals surface area (Å²) in [7, 11) is 0. The number of aliphatic hydroxyl groups is 1. The lowest BCUT2D eigenvalue weighted by Gasteiger charge is -2.23. The summed E-state index contributed by atoms with van der Waals surface area (Å²) in [4.78, 5) is 44.4. The molecule has 1 amide bonds. The van der Waals surface area contributed by atoms with Gasteiger partial charge in [0.1, 0.15) is 16.5 Å². The van der Waals surface area contributed by atoms with Crippen LogP contribution in [-0.2, 0) is 14.3 Å². The Morgan fingerprint density at radius 1 is 1.20 bits per heavy atom. The highest BCUT2D eigenvalue weighted by molar-refractivity contribution is 7.17. The van der Waals surface area contributed by atoms with Crippen molar-refractivity contribution < 1.29 is 28.6 Å². The van der Waals surface area contributed by atoms with Crippen LogP contribution in [0.4, 0.5) is 9.52 Å². The van der Waals surface area contributed by atoms with Crippen LogP contribution in [0.25, 0.3) is 5.76 Å². The fraction of sp³-hybridized carbons (Fsp3) is 0.200. The highest BCUT2D eigenvalue weighted by Crippen LogP contribution is 2.44. The van der Waals surface area contributed by atoms with E-state index in [2.05, 4.69) is 4.98 Å². The molecule has 180 valence electrons. The number of hydrogen-bond donors (Lipinski definition) is 1. The number of esters is 1. The first kappa shape index (κ1) is 24.6. The number of thiazole rings is 1. The van der Waals surface area contributed by atoms with Gasteiger partial charge in [0.05, 0.1) is 23.9 Å². The van der Waals surface area contributed by atoms with Crippen molar-refractivity contribution in [2.45, 2.75) is 26.8 Å². The number of aromatic nitrogens is 1. The van der Waals surface area contributed by atoms with Gasteiger partial charge >= 0.3 is 11.9 Å². The molecule has 0 unspecified atom stereocenters. The van der Waals surface area contributed by atoms with Crippen molar-refractivity contribution in [1.82, 2.24) is 4.98 Å². The zero-order valence-electron chi connectivity index (χ0n) is 19.0. The monoisotopic (exact) mass is 514 g/mol. The fourth-order valence-corrected chi connectivity index (χ4v) is 4.87. The second-order valence-corrected chi connectivity index (χ2v) is 9.23. The number of amides is 1. The van der Waals surface area contributed by atoms with E-state index < -0.39 is 35.3 Å². The molecule has 10 heteroatoms. The summed E-state index contributed by atoms with van der Waals surface area (Å²) in [6.45, 7) is 4.99. The smallest absolute Gasteiger partial charge is 0.350 e. The highest BCUT2D eigenvalue weighted by atomic mass is 35.5. The van der Waals surface area contributed by atoms with Gasteiger partial charge in [0.25, 0.3) is 5.78 Å². The lowest BCUT2D eigenvalue weighted by molar-refractivity contribution is -0.132. The number of anilines is 1. The Labute approximate surface area is 209 Å².